The summed E-state index contributed by atoms with van der Waals surface area (Å²) in [6.45, 7) is 6.95. The molecule has 2 rings (SSSR count). The molecule has 2 nitrogen and oxygen atoms in total. The predicted octanol–water partition coefficient (Wildman–Crippen LogP) is 8.90. The van der Waals surface area contributed by atoms with E-state index < -0.39 is 0 Å². The highest BCUT2D eigenvalue weighted by atomic mass is 127. The number of hydrogen-bond donors (Lipinski definition) is 0. The van der Waals surface area contributed by atoms with E-state index in [1.165, 1.54) is 227 Å². The summed E-state index contributed by atoms with van der Waals surface area (Å²) in [5, 5.41) is 0. The highest BCUT2D eigenvalue weighted by Gasteiger charge is 2.04. The van der Waals surface area contributed by atoms with E-state index in [1.807, 2.05) is 23.5 Å². The van der Waals surface area contributed by atoms with Crippen LogP contribution in [0, 0.1) is 0 Å². The Bertz CT molecular complexity index is 894. The van der Waals surface area contributed by atoms with Crippen LogP contribution in [0.3, 0.4) is 0 Å². The Morgan fingerprint density at radius 2 is 0.558 bits per heavy atom. The molecule has 52 heavy (non-hydrogen) atoms. The first-order chi connectivity index (χ1) is 24.8. The Kier molecular flexibility index (Phi) is 41.5. The quantitative estimate of drug-likeness (QED) is 0.0290. The lowest BCUT2D eigenvalue weighted by molar-refractivity contribution is -0.697. The van der Waals surface area contributed by atoms with Crippen LogP contribution in [0.2, 0.25) is 0 Å². The van der Waals surface area contributed by atoms with Crippen molar-refractivity contribution in [3.63, 3.8) is 0 Å². The summed E-state index contributed by atoms with van der Waals surface area (Å²) in [5.41, 5.74) is 0. The number of thioether (sulfide) groups is 2. The molecule has 0 N–H and O–H groups in total. The second kappa shape index (κ2) is 41.1. The third-order valence-electron chi connectivity index (χ3n) is 10.3. The number of aryl methyl sites for hydroxylation is 2. The van der Waals surface area contributed by atoms with Crippen LogP contribution >= 0.6 is 23.5 Å². The lowest BCUT2D eigenvalue weighted by Gasteiger charge is -2.04. The second-order valence-corrected chi connectivity index (χ2v) is 17.5. The van der Waals surface area contributed by atoms with E-state index in [-0.39, 0.29) is 48.0 Å². The molecule has 0 atom stereocenters. The number of unbranched alkanes of at least 4 members (excludes halogenated alkanes) is 27. The molecule has 2 aromatic rings. The monoisotopic (exact) mass is 980 g/mol. The number of halogens is 2. The van der Waals surface area contributed by atoms with E-state index in [4.69, 9.17) is 0 Å². The van der Waals surface area contributed by atoms with Gasteiger partial charge in [0, 0.05) is 46.9 Å². The molecule has 0 amide bonds. The fourth-order valence-corrected chi connectivity index (χ4v) is 8.74. The Morgan fingerprint density at radius 1 is 0.327 bits per heavy atom. The molecule has 0 aliphatic carbocycles. The third-order valence-corrected chi connectivity index (χ3v) is 12.5. The van der Waals surface area contributed by atoms with Gasteiger partial charge in [-0.2, -0.15) is 0 Å². The van der Waals surface area contributed by atoms with E-state index in [0.717, 1.165) is 0 Å². The number of rotatable bonds is 37. The number of nitrogens with zero attached hydrogens (tertiary/aromatic N) is 2. The van der Waals surface area contributed by atoms with Gasteiger partial charge in [-0.3, -0.25) is 0 Å². The van der Waals surface area contributed by atoms with Crippen molar-refractivity contribution in [3.05, 3.63) is 49.1 Å². The molecule has 2 heterocycles. The topological polar surface area (TPSA) is 7.76 Å². The van der Waals surface area contributed by atoms with Crippen LogP contribution in [0.5, 0.6) is 0 Å². The van der Waals surface area contributed by atoms with Crippen molar-refractivity contribution in [3.8, 4) is 0 Å². The van der Waals surface area contributed by atoms with E-state index in [2.05, 4.69) is 72.0 Å². The van der Waals surface area contributed by atoms with Crippen LogP contribution in [0.4, 0.5) is 0 Å². The van der Waals surface area contributed by atoms with Crippen molar-refractivity contribution in [2.75, 3.05) is 11.5 Å². The molecule has 0 aliphatic heterocycles. The summed E-state index contributed by atoms with van der Waals surface area (Å²) in [7, 11) is 0. The molecular weight excluding hydrogens is 898 g/mol. The standard InChI is InChI=1S/C46H82N2S2.2HI/c1-3-5-7-9-11-13-15-17-19-21-25-29-37-47-39-33-45(34-40-47)49-43-31-27-23-24-28-32-44-50-46-35-41-48(42-36-46)38-30-26-22-20-18-16-14-12-10-8-6-4-2;;/h33-36,39-42H,3-32,37-38,43-44H2,1-2H3;2*1H/q+2;;/p-2. The minimum atomic E-state index is 0. The van der Waals surface area contributed by atoms with Crippen molar-refractivity contribution in [2.45, 2.75) is 229 Å². The summed E-state index contributed by atoms with van der Waals surface area (Å²) in [6.07, 6.45) is 51.5. The van der Waals surface area contributed by atoms with Crippen LogP contribution in [-0.2, 0) is 13.1 Å². The van der Waals surface area contributed by atoms with Crippen LogP contribution < -0.4 is 57.1 Å². The number of aromatic nitrogens is 2. The average molecular weight is 981 g/mol. The zero-order chi connectivity index (χ0) is 35.4. The number of pyridine rings is 2. The maximum atomic E-state index is 2.38. The zero-order valence-corrected chi connectivity index (χ0v) is 40.1. The molecule has 6 heteroatoms. The van der Waals surface area contributed by atoms with Gasteiger partial charge < -0.3 is 48.0 Å². The van der Waals surface area contributed by atoms with Gasteiger partial charge in [-0.25, -0.2) is 9.13 Å². The summed E-state index contributed by atoms with van der Waals surface area (Å²) < 4.78 is 4.77. The Balaban J connectivity index is 0.0000130. The molecule has 2 aromatic heterocycles. The van der Waals surface area contributed by atoms with Crippen molar-refractivity contribution in [1.29, 1.82) is 0 Å². The Hall–Kier alpha value is 0.460. The van der Waals surface area contributed by atoms with Crippen LogP contribution in [-0.4, -0.2) is 11.5 Å². The molecular formula is C46H82I2N2S2. The smallest absolute Gasteiger partial charge is 0.169 e. The van der Waals surface area contributed by atoms with Gasteiger partial charge in [0.1, 0.15) is 13.1 Å². The summed E-state index contributed by atoms with van der Waals surface area (Å²) in [6, 6.07) is 9.31. The van der Waals surface area contributed by atoms with Gasteiger partial charge in [0.05, 0.1) is 0 Å². The first kappa shape index (κ1) is 52.5. The SMILES string of the molecule is CCCCCCCCCCCCCC[n+]1ccc(SCCCCCCCCSc2cc[n+](CCCCCCCCCCCCCC)cc2)cc1.[I-].[I-]. The molecule has 0 saturated heterocycles. The molecule has 0 bridgehead atoms. The van der Waals surface area contributed by atoms with Crippen molar-refractivity contribution in [1.82, 2.24) is 0 Å². The maximum absolute atomic E-state index is 2.38. The summed E-state index contributed by atoms with van der Waals surface area (Å²) >= 11 is 4.08. The molecule has 0 radical (unpaired) electrons. The molecule has 0 spiro atoms. The van der Waals surface area contributed by atoms with Crippen LogP contribution in [0.15, 0.2) is 58.8 Å². The molecule has 0 unspecified atom stereocenters. The lowest BCUT2D eigenvalue weighted by Crippen LogP contribution is -3.00. The Labute approximate surface area is 367 Å². The molecule has 0 saturated carbocycles. The van der Waals surface area contributed by atoms with Crippen molar-refractivity contribution in [2.24, 2.45) is 0 Å². The maximum Gasteiger partial charge on any atom is 0.169 e. The summed E-state index contributed by atoms with van der Waals surface area (Å²) in [5.74, 6) is 2.51. The highest BCUT2D eigenvalue weighted by molar-refractivity contribution is 7.99. The van der Waals surface area contributed by atoms with Crippen LogP contribution in [0.25, 0.3) is 0 Å². The third kappa shape index (κ3) is 32.7. The molecule has 302 valence electrons. The van der Waals surface area contributed by atoms with Crippen molar-refractivity contribution < 1.29 is 57.1 Å². The van der Waals surface area contributed by atoms with Gasteiger partial charge >= 0.3 is 0 Å². The van der Waals surface area contributed by atoms with Gasteiger partial charge in [0.2, 0.25) is 0 Å². The fourth-order valence-electron chi connectivity index (χ4n) is 6.94. The second-order valence-electron chi connectivity index (χ2n) is 15.1. The fraction of sp³-hybridized carbons (Fsp3) is 0.783. The van der Waals surface area contributed by atoms with E-state index in [0.29, 0.717) is 0 Å². The lowest BCUT2D eigenvalue weighted by atomic mass is 10.1. The van der Waals surface area contributed by atoms with E-state index in [9.17, 15) is 0 Å². The predicted molar refractivity (Wildman–Crippen MR) is 225 cm³/mol. The largest absolute Gasteiger partial charge is 1.00 e. The van der Waals surface area contributed by atoms with Crippen molar-refractivity contribution >= 4 is 23.5 Å². The average Bonchev–Trinajstić information content (AvgIpc) is 3.14. The first-order valence-corrected chi connectivity index (χ1v) is 24.0. The normalized spacial score (nSPS) is 11.0. The van der Waals surface area contributed by atoms with Gasteiger partial charge in [-0.15, -0.1) is 23.5 Å². The van der Waals surface area contributed by atoms with E-state index in [1.54, 1.807) is 0 Å². The first-order valence-electron chi connectivity index (χ1n) is 22.1. The summed E-state index contributed by atoms with van der Waals surface area (Å²) in [4.78, 5) is 2.87. The van der Waals surface area contributed by atoms with Gasteiger partial charge in [0.25, 0.3) is 0 Å². The Morgan fingerprint density at radius 3 is 0.827 bits per heavy atom. The zero-order valence-electron chi connectivity index (χ0n) is 34.1. The molecule has 0 aromatic carbocycles. The highest BCUT2D eigenvalue weighted by Crippen LogP contribution is 2.21. The van der Waals surface area contributed by atoms with Gasteiger partial charge in [-0.05, 0) is 37.2 Å². The van der Waals surface area contributed by atoms with Gasteiger partial charge in [0.15, 0.2) is 24.8 Å². The molecule has 0 fully saturated rings. The van der Waals surface area contributed by atoms with Gasteiger partial charge in [-0.1, -0.05) is 168 Å². The molecule has 0 aliphatic rings. The minimum absolute atomic E-state index is 0. The van der Waals surface area contributed by atoms with E-state index >= 15 is 0 Å². The number of hydrogen-bond acceptors (Lipinski definition) is 2. The minimum Gasteiger partial charge on any atom is -1.00 e. The van der Waals surface area contributed by atoms with Crippen LogP contribution in [0.1, 0.15) is 206 Å².